The number of aromatic nitrogens is 1. The molecule has 0 radical (unpaired) electrons. The lowest BCUT2D eigenvalue weighted by Gasteiger charge is -2.31. The maximum Gasteiger partial charge on any atom is 0.336 e. The zero-order valence-electron chi connectivity index (χ0n) is 10.6. The van der Waals surface area contributed by atoms with Crippen LogP contribution in [0.5, 0.6) is 0 Å². The van der Waals surface area contributed by atoms with E-state index in [0.717, 1.165) is 6.07 Å². The van der Waals surface area contributed by atoms with Crippen LogP contribution in [0, 0.1) is 5.41 Å². The zero-order chi connectivity index (χ0) is 13.7. The quantitative estimate of drug-likeness (QED) is 0.812. The number of aromatic carboxylic acids is 1. The topological polar surface area (TPSA) is 76.4 Å². The summed E-state index contributed by atoms with van der Waals surface area (Å²) in [5.41, 5.74) is -0.0823. The second-order valence-corrected chi connectivity index (χ2v) is 5.52. The van der Waals surface area contributed by atoms with E-state index in [4.69, 9.17) is 5.11 Å². The van der Waals surface area contributed by atoms with Gasteiger partial charge in [0, 0.05) is 25.2 Å². The molecule has 5 heteroatoms. The molecule has 0 saturated heterocycles. The predicted molar refractivity (Wildman–Crippen MR) is 65.1 cm³/mol. The molecular formula is C13H15NO4. The molecule has 0 unspecified atom stereocenters. The summed E-state index contributed by atoms with van der Waals surface area (Å²) >= 11 is 0. The van der Waals surface area contributed by atoms with Gasteiger partial charge in [-0.1, -0.05) is 13.8 Å². The molecule has 1 aliphatic rings. The molecular weight excluding hydrogens is 234 g/mol. The molecule has 0 spiro atoms. The van der Waals surface area contributed by atoms with E-state index in [2.05, 4.69) is 0 Å². The molecule has 1 aliphatic carbocycles. The lowest BCUT2D eigenvalue weighted by atomic mass is 9.74. The number of rotatable bonds is 1. The van der Waals surface area contributed by atoms with Gasteiger partial charge in [0.1, 0.15) is 0 Å². The third-order valence-corrected chi connectivity index (χ3v) is 3.36. The number of carbonyl (C=O) groups excluding carboxylic acids is 1. The number of carboxylic acids is 1. The van der Waals surface area contributed by atoms with Gasteiger partial charge in [0.2, 0.25) is 0 Å². The van der Waals surface area contributed by atoms with Crippen LogP contribution in [0.3, 0.4) is 0 Å². The average Bonchev–Trinajstić information content (AvgIpc) is 2.21. The van der Waals surface area contributed by atoms with Crippen molar-refractivity contribution in [2.45, 2.75) is 26.7 Å². The standard InChI is InChI=1S/C13H15NO4/c1-13(2)5-8-11(9(15)6-13)7(12(17)18)4-10(16)14(8)3/h4H,5-6H2,1-3H3,(H,17,18). The van der Waals surface area contributed by atoms with Gasteiger partial charge in [-0.05, 0) is 11.8 Å². The maximum absolute atomic E-state index is 12.1. The highest BCUT2D eigenvalue weighted by Crippen LogP contribution is 2.35. The summed E-state index contributed by atoms with van der Waals surface area (Å²) in [6.45, 7) is 3.87. The highest BCUT2D eigenvalue weighted by Gasteiger charge is 2.35. The number of Topliss-reactive ketones (excluding diaryl/α,β-unsaturated/α-hetero) is 1. The van der Waals surface area contributed by atoms with Crippen LogP contribution in [0.25, 0.3) is 0 Å². The SMILES string of the molecule is Cn1c2c(c(C(=O)O)cc1=O)C(=O)CC(C)(C)C2. The van der Waals surface area contributed by atoms with Gasteiger partial charge in [0.05, 0.1) is 11.1 Å². The Kier molecular flexibility index (Phi) is 2.65. The first-order valence-corrected chi connectivity index (χ1v) is 5.72. The Morgan fingerprint density at radius 1 is 1.33 bits per heavy atom. The van der Waals surface area contributed by atoms with Crippen molar-refractivity contribution in [3.8, 4) is 0 Å². The minimum Gasteiger partial charge on any atom is -0.478 e. The molecule has 1 aromatic rings. The van der Waals surface area contributed by atoms with E-state index in [1.165, 1.54) is 4.57 Å². The molecule has 0 fully saturated rings. The Bertz CT molecular complexity index is 610. The van der Waals surface area contributed by atoms with Crippen molar-refractivity contribution in [1.29, 1.82) is 0 Å². The van der Waals surface area contributed by atoms with Gasteiger partial charge in [0.15, 0.2) is 5.78 Å². The molecule has 0 aromatic carbocycles. The molecule has 96 valence electrons. The Hall–Kier alpha value is -1.91. The van der Waals surface area contributed by atoms with Crippen LogP contribution in [-0.2, 0) is 13.5 Å². The van der Waals surface area contributed by atoms with Crippen molar-refractivity contribution < 1.29 is 14.7 Å². The van der Waals surface area contributed by atoms with Crippen molar-refractivity contribution in [2.24, 2.45) is 12.5 Å². The second kappa shape index (κ2) is 3.80. The van der Waals surface area contributed by atoms with Gasteiger partial charge in [-0.25, -0.2) is 4.79 Å². The predicted octanol–water partition coefficient (Wildman–Crippen LogP) is 1.24. The summed E-state index contributed by atoms with van der Waals surface area (Å²) in [6.07, 6.45) is 0.833. The smallest absolute Gasteiger partial charge is 0.336 e. The third-order valence-electron chi connectivity index (χ3n) is 3.36. The number of carboxylic acid groups (broad SMARTS) is 1. The van der Waals surface area contributed by atoms with Crippen LogP contribution in [0.2, 0.25) is 0 Å². The fourth-order valence-electron chi connectivity index (χ4n) is 2.47. The molecule has 0 saturated carbocycles. The molecule has 2 rings (SSSR count). The van der Waals surface area contributed by atoms with E-state index in [1.54, 1.807) is 7.05 Å². The molecule has 1 aromatic heterocycles. The third kappa shape index (κ3) is 1.85. The largest absolute Gasteiger partial charge is 0.478 e. The Morgan fingerprint density at radius 3 is 2.50 bits per heavy atom. The number of fused-ring (bicyclic) bond motifs is 1. The first-order valence-electron chi connectivity index (χ1n) is 5.72. The maximum atomic E-state index is 12.1. The van der Waals surface area contributed by atoms with Gasteiger partial charge in [0.25, 0.3) is 5.56 Å². The van der Waals surface area contributed by atoms with Crippen molar-refractivity contribution in [3.63, 3.8) is 0 Å². The van der Waals surface area contributed by atoms with Crippen molar-refractivity contribution in [2.75, 3.05) is 0 Å². The summed E-state index contributed by atoms with van der Waals surface area (Å²) < 4.78 is 1.38. The number of ketones is 1. The van der Waals surface area contributed by atoms with Gasteiger partial charge in [-0.3, -0.25) is 9.59 Å². The summed E-state index contributed by atoms with van der Waals surface area (Å²) in [7, 11) is 1.57. The summed E-state index contributed by atoms with van der Waals surface area (Å²) in [6, 6.07) is 1.03. The second-order valence-electron chi connectivity index (χ2n) is 5.52. The molecule has 0 amide bonds. The fraction of sp³-hybridized carbons (Fsp3) is 0.462. The number of hydrogen-bond donors (Lipinski definition) is 1. The first-order chi connectivity index (χ1) is 8.23. The highest BCUT2D eigenvalue weighted by atomic mass is 16.4. The summed E-state index contributed by atoms with van der Waals surface area (Å²) in [5.74, 6) is -1.42. The van der Waals surface area contributed by atoms with Crippen molar-refractivity contribution in [1.82, 2.24) is 4.57 Å². The average molecular weight is 249 g/mol. The van der Waals surface area contributed by atoms with Gasteiger partial charge < -0.3 is 9.67 Å². The van der Waals surface area contributed by atoms with Gasteiger partial charge in [-0.2, -0.15) is 0 Å². The van der Waals surface area contributed by atoms with Gasteiger partial charge in [-0.15, -0.1) is 0 Å². The molecule has 0 bridgehead atoms. The van der Waals surface area contributed by atoms with E-state index < -0.39 is 11.5 Å². The molecule has 18 heavy (non-hydrogen) atoms. The molecule has 1 heterocycles. The number of hydrogen-bond acceptors (Lipinski definition) is 3. The van der Waals surface area contributed by atoms with Crippen LogP contribution < -0.4 is 5.56 Å². The molecule has 0 atom stereocenters. The Balaban J connectivity index is 2.81. The first kappa shape index (κ1) is 12.5. The summed E-state index contributed by atoms with van der Waals surface area (Å²) in [5, 5.41) is 9.10. The van der Waals surface area contributed by atoms with Crippen LogP contribution in [0.1, 0.15) is 46.7 Å². The van der Waals surface area contributed by atoms with Crippen LogP contribution >= 0.6 is 0 Å². The van der Waals surface area contributed by atoms with Crippen LogP contribution in [0.15, 0.2) is 10.9 Å². The minimum absolute atomic E-state index is 0.173. The molecule has 5 nitrogen and oxygen atoms in total. The monoisotopic (exact) mass is 249 g/mol. The number of pyridine rings is 1. The lowest BCUT2D eigenvalue weighted by molar-refractivity contribution is 0.0687. The van der Waals surface area contributed by atoms with E-state index in [1.807, 2.05) is 13.8 Å². The van der Waals surface area contributed by atoms with Crippen molar-refractivity contribution >= 4 is 11.8 Å². The Labute approximate surface area is 104 Å². The van der Waals surface area contributed by atoms with Crippen molar-refractivity contribution in [3.05, 3.63) is 33.2 Å². The number of nitrogens with zero attached hydrogens (tertiary/aromatic N) is 1. The molecule has 0 aliphatic heterocycles. The Morgan fingerprint density at radius 2 is 1.94 bits per heavy atom. The zero-order valence-corrected chi connectivity index (χ0v) is 10.6. The van der Waals surface area contributed by atoms with Crippen LogP contribution in [0.4, 0.5) is 0 Å². The minimum atomic E-state index is -1.22. The lowest BCUT2D eigenvalue weighted by Crippen LogP contribution is -2.35. The number of carbonyl (C=O) groups is 2. The van der Waals surface area contributed by atoms with Gasteiger partial charge >= 0.3 is 5.97 Å². The van der Waals surface area contributed by atoms with E-state index in [-0.39, 0.29) is 22.3 Å². The molecule has 1 N–H and O–H groups in total. The fourth-order valence-corrected chi connectivity index (χ4v) is 2.47. The normalized spacial score (nSPS) is 17.4. The van der Waals surface area contributed by atoms with Crippen LogP contribution in [-0.4, -0.2) is 21.4 Å². The van der Waals surface area contributed by atoms with E-state index in [9.17, 15) is 14.4 Å². The van der Waals surface area contributed by atoms with E-state index >= 15 is 0 Å². The highest BCUT2D eigenvalue weighted by molar-refractivity contribution is 6.07. The van der Waals surface area contributed by atoms with E-state index in [0.29, 0.717) is 18.5 Å². The summed E-state index contributed by atoms with van der Waals surface area (Å²) in [4.78, 5) is 35.0.